The molecular formula is C30H48FNO5. The van der Waals surface area contributed by atoms with Crippen LogP contribution in [0.2, 0.25) is 0 Å². The molecule has 6 nitrogen and oxygen atoms in total. The summed E-state index contributed by atoms with van der Waals surface area (Å²) in [6.45, 7) is 6.06. The fraction of sp³-hybridized carbons (Fsp3) is 0.700. The molecule has 0 amide bonds. The first kappa shape index (κ1) is 32.6. The van der Waals surface area contributed by atoms with Crippen LogP contribution in [0.3, 0.4) is 0 Å². The van der Waals surface area contributed by atoms with E-state index in [2.05, 4.69) is 12.2 Å². The second kappa shape index (κ2) is 20.6. The summed E-state index contributed by atoms with van der Waals surface area (Å²) in [5.41, 5.74) is 0.209. The summed E-state index contributed by atoms with van der Waals surface area (Å²) in [5, 5.41) is 3.07. The lowest BCUT2D eigenvalue weighted by molar-refractivity contribution is -0.158. The van der Waals surface area contributed by atoms with Crippen LogP contribution >= 0.6 is 0 Å². The van der Waals surface area contributed by atoms with Crippen LogP contribution in [0.25, 0.3) is 0 Å². The van der Waals surface area contributed by atoms with Crippen molar-refractivity contribution in [2.24, 2.45) is 5.92 Å². The predicted molar refractivity (Wildman–Crippen MR) is 146 cm³/mol. The molecule has 0 atom stereocenters. The highest BCUT2D eigenvalue weighted by atomic mass is 19.1. The highest BCUT2D eigenvalue weighted by Gasteiger charge is 2.37. The topological polar surface area (TPSA) is 81.7 Å². The molecule has 0 saturated carbocycles. The molecule has 210 valence electrons. The zero-order valence-electron chi connectivity index (χ0n) is 23.2. The molecule has 1 aromatic carbocycles. The largest absolute Gasteiger partial charge is 0.465 e. The van der Waals surface area contributed by atoms with Gasteiger partial charge in [-0.2, -0.15) is 0 Å². The number of esters is 2. The Morgan fingerprint density at radius 2 is 1.19 bits per heavy atom. The average Bonchev–Trinajstić information content (AvgIpc) is 2.87. The summed E-state index contributed by atoms with van der Waals surface area (Å²) in [6.07, 6.45) is 18.0. The molecule has 0 heterocycles. The zero-order chi connectivity index (χ0) is 27.3. The first-order valence-corrected chi connectivity index (χ1v) is 14.4. The van der Waals surface area contributed by atoms with Gasteiger partial charge in [-0.15, -0.1) is 0 Å². The van der Waals surface area contributed by atoms with Gasteiger partial charge in [0.1, 0.15) is 5.82 Å². The number of anilines is 1. The Balaban J connectivity index is 2.30. The van der Waals surface area contributed by atoms with Gasteiger partial charge in [0.25, 0.3) is 0 Å². The summed E-state index contributed by atoms with van der Waals surface area (Å²) in [5.74, 6) is -5.19. The van der Waals surface area contributed by atoms with E-state index in [0.717, 1.165) is 18.9 Å². The predicted octanol–water partition coefficient (Wildman–Crippen LogP) is 7.64. The normalized spacial score (nSPS) is 10.9. The van der Waals surface area contributed by atoms with Crippen LogP contribution in [-0.2, 0) is 19.1 Å². The van der Waals surface area contributed by atoms with Crippen molar-refractivity contribution in [2.45, 2.75) is 111 Å². The number of rotatable bonds is 22. The molecule has 0 bridgehead atoms. The first-order valence-electron chi connectivity index (χ1n) is 14.4. The van der Waals surface area contributed by atoms with Gasteiger partial charge in [0, 0.05) is 12.1 Å². The lowest BCUT2D eigenvalue weighted by atomic mass is 9.97. The van der Waals surface area contributed by atoms with Gasteiger partial charge in [0.15, 0.2) is 5.78 Å². The zero-order valence-corrected chi connectivity index (χ0v) is 23.2. The molecular weight excluding hydrogens is 473 g/mol. The number of benzene rings is 1. The second-order valence-corrected chi connectivity index (χ2v) is 9.52. The fourth-order valence-electron chi connectivity index (χ4n) is 4.28. The number of unbranched alkanes of at least 4 members (excludes halogenated alkanes) is 13. The Bertz CT molecular complexity index is 780. The molecule has 0 aromatic heterocycles. The molecule has 0 saturated heterocycles. The SMILES string of the molecule is CCCCCCCCCCCCCCCCNc1ccc(C(=O)C(C(=O)OCC)C(=O)OCC)cc1F. The van der Waals surface area contributed by atoms with Gasteiger partial charge in [-0.1, -0.05) is 90.4 Å². The van der Waals surface area contributed by atoms with E-state index in [1.807, 2.05) is 0 Å². The Kier molecular flexibility index (Phi) is 18.1. The van der Waals surface area contributed by atoms with Gasteiger partial charge in [-0.05, 0) is 38.5 Å². The molecule has 0 spiro atoms. The van der Waals surface area contributed by atoms with Crippen LogP contribution in [0.1, 0.15) is 121 Å². The van der Waals surface area contributed by atoms with Gasteiger partial charge in [0.2, 0.25) is 5.92 Å². The number of ketones is 1. The van der Waals surface area contributed by atoms with Gasteiger partial charge < -0.3 is 14.8 Å². The summed E-state index contributed by atoms with van der Waals surface area (Å²) in [6, 6.07) is 3.91. The van der Waals surface area contributed by atoms with Crippen LogP contribution in [0.5, 0.6) is 0 Å². The number of ether oxygens (including phenoxy) is 2. The number of nitrogens with one attached hydrogen (secondary N) is 1. The summed E-state index contributed by atoms with van der Waals surface area (Å²) >= 11 is 0. The number of Topliss-reactive ketones (excluding diaryl/α,β-unsaturated/α-hetero) is 1. The maximum atomic E-state index is 14.6. The van der Waals surface area contributed by atoms with Crippen molar-refractivity contribution in [3.63, 3.8) is 0 Å². The van der Waals surface area contributed by atoms with Crippen LogP contribution < -0.4 is 5.32 Å². The smallest absolute Gasteiger partial charge is 0.328 e. The van der Waals surface area contributed by atoms with Crippen molar-refractivity contribution in [2.75, 3.05) is 25.1 Å². The van der Waals surface area contributed by atoms with E-state index in [0.29, 0.717) is 6.54 Å². The Morgan fingerprint density at radius 1 is 0.730 bits per heavy atom. The highest BCUT2D eigenvalue weighted by Crippen LogP contribution is 2.20. The molecule has 0 unspecified atom stereocenters. The van der Waals surface area contributed by atoms with Gasteiger partial charge in [-0.25, -0.2) is 4.39 Å². The summed E-state index contributed by atoms with van der Waals surface area (Å²) in [4.78, 5) is 37.0. The average molecular weight is 522 g/mol. The van der Waals surface area contributed by atoms with Crippen molar-refractivity contribution < 1.29 is 28.2 Å². The van der Waals surface area contributed by atoms with E-state index in [1.54, 1.807) is 13.8 Å². The van der Waals surface area contributed by atoms with Crippen molar-refractivity contribution in [3.8, 4) is 0 Å². The molecule has 0 fully saturated rings. The number of hydrogen-bond donors (Lipinski definition) is 1. The van der Waals surface area contributed by atoms with Crippen molar-refractivity contribution in [3.05, 3.63) is 29.6 Å². The minimum Gasteiger partial charge on any atom is -0.465 e. The van der Waals surface area contributed by atoms with Gasteiger partial charge >= 0.3 is 11.9 Å². The third-order valence-electron chi connectivity index (χ3n) is 6.41. The van der Waals surface area contributed by atoms with E-state index in [-0.39, 0.29) is 24.5 Å². The number of carbonyl (C=O) groups is 3. The maximum absolute atomic E-state index is 14.6. The Hall–Kier alpha value is -2.44. The first-order chi connectivity index (χ1) is 18.0. The minimum absolute atomic E-state index is 0.0124. The van der Waals surface area contributed by atoms with Crippen molar-refractivity contribution in [1.29, 1.82) is 0 Å². The molecule has 7 heteroatoms. The third-order valence-corrected chi connectivity index (χ3v) is 6.41. The lowest BCUT2D eigenvalue weighted by Crippen LogP contribution is -2.35. The fourth-order valence-corrected chi connectivity index (χ4v) is 4.28. The summed E-state index contributed by atoms with van der Waals surface area (Å²) < 4.78 is 24.3. The van der Waals surface area contributed by atoms with E-state index < -0.39 is 29.5 Å². The molecule has 0 aliphatic carbocycles. The Morgan fingerprint density at radius 3 is 1.62 bits per heavy atom. The molecule has 1 rings (SSSR count). The molecule has 0 aliphatic heterocycles. The van der Waals surface area contributed by atoms with Crippen LogP contribution in [0.4, 0.5) is 10.1 Å². The van der Waals surface area contributed by atoms with Crippen LogP contribution in [0.15, 0.2) is 18.2 Å². The van der Waals surface area contributed by atoms with E-state index in [9.17, 15) is 18.8 Å². The van der Waals surface area contributed by atoms with Crippen LogP contribution in [-0.4, -0.2) is 37.5 Å². The molecule has 0 aliphatic rings. The molecule has 0 radical (unpaired) electrons. The standard InChI is InChI=1S/C30H48FNO5/c1-4-7-8-9-10-11-12-13-14-15-16-17-18-19-22-32-26-21-20-24(23-25(26)31)28(33)27(29(34)36-5-2)30(35)37-6-3/h20-21,23,27,32H,4-19,22H2,1-3H3. The molecule has 1 N–H and O–H groups in total. The number of halogens is 1. The molecule has 37 heavy (non-hydrogen) atoms. The van der Waals surface area contributed by atoms with E-state index in [1.165, 1.54) is 89.2 Å². The number of hydrogen-bond acceptors (Lipinski definition) is 6. The third kappa shape index (κ3) is 13.6. The quantitative estimate of drug-likeness (QED) is 0.0730. The van der Waals surface area contributed by atoms with E-state index >= 15 is 0 Å². The lowest BCUT2D eigenvalue weighted by Gasteiger charge is -2.14. The van der Waals surface area contributed by atoms with Gasteiger partial charge in [0.05, 0.1) is 18.9 Å². The second-order valence-electron chi connectivity index (χ2n) is 9.52. The monoisotopic (exact) mass is 521 g/mol. The van der Waals surface area contributed by atoms with Crippen LogP contribution in [0, 0.1) is 11.7 Å². The summed E-state index contributed by atoms with van der Waals surface area (Å²) in [7, 11) is 0. The highest BCUT2D eigenvalue weighted by molar-refractivity contribution is 6.20. The van der Waals surface area contributed by atoms with E-state index in [4.69, 9.17) is 9.47 Å². The number of carbonyl (C=O) groups excluding carboxylic acids is 3. The Labute approximate surface area is 223 Å². The minimum atomic E-state index is -1.76. The molecule has 1 aromatic rings. The van der Waals surface area contributed by atoms with Crippen molar-refractivity contribution in [1.82, 2.24) is 0 Å². The maximum Gasteiger partial charge on any atom is 0.328 e. The van der Waals surface area contributed by atoms with Gasteiger partial charge in [-0.3, -0.25) is 14.4 Å². The van der Waals surface area contributed by atoms with Crippen molar-refractivity contribution >= 4 is 23.4 Å².